The maximum atomic E-state index is 5.91. The third-order valence-corrected chi connectivity index (χ3v) is 6.74. The van der Waals surface area contributed by atoms with Crippen LogP contribution in [0.4, 0.5) is 0 Å². The van der Waals surface area contributed by atoms with Gasteiger partial charge in [-0.25, -0.2) is 4.99 Å². The number of ether oxygens (including phenoxy) is 1. The molecule has 2 atom stereocenters. The SMILES string of the molecule is CCCCCC1CC(C2=CC=CCC2)=NC2=C1CC(c1cccc(C)c1)C=C2OC. The number of aryl methyl sites for hydroxylation is 1. The van der Waals surface area contributed by atoms with Gasteiger partial charge in [-0.3, -0.25) is 0 Å². The topological polar surface area (TPSA) is 21.6 Å². The van der Waals surface area contributed by atoms with Crippen LogP contribution in [-0.2, 0) is 4.74 Å². The third kappa shape index (κ3) is 4.53. The molecule has 0 amide bonds. The number of rotatable bonds is 7. The molecule has 158 valence electrons. The Balaban J connectivity index is 1.70. The number of nitrogens with zero attached hydrogens (tertiary/aromatic N) is 1. The Kier molecular flexibility index (Phi) is 6.72. The van der Waals surface area contributed by atoms with Gasteiger partial charge >= 0.3 is 0 Å². The van der Waals surface area contributed by atoms with E-state index in [1.54, 1.807) is 7.11 Å². The largest absolute Gasteiger partial charge is 0.495 e. The molecule has 1 aliphatic heterocycles. The van der Waals surface area contributed by atoms with Crippen LogP contribution in [0.15, 0.2) is 76.2 Å². The molecular formula is C28H35NO. The first-order valence-corrected chi connectivity index (χ1v) is 11.7. The Bertz CT molecular complexity index is 928. The van der Waals surface area contributed by atoms with E-state index in [-0.39, 0.29) is 0 Å². The van der Waals surface area contributed by atoms with Gasteiger partial charge in [0.1, 0.15) is 11.5 Å². The maximum absolute atomic E-state index is 5.91. The third-order valence-electron chi connectivity index (χ3n) is 6.74. The zero-order valence-electron chi connectivity index (χ0n) is 18.8. The molecule has 1 aromatic rings. The van der Waals surface area contributed by atoms with Crippen molar-refractivity contribution < 1.29 is 4.74 Å². The minimum Gasteiger partial charge on any atom is -0.495 e. The van der Waals surface area contributed by atoms with Crippen LogP contribution in [-0.4, -0.2) is 12.8 Å². The highest BCUT2D eigenvalue weighted by Crippen LogP contribution is 2.44. The first kappa shape index (κ1) is 20.9. The Morgan fingerprint density at radius 3 is 2.80 bits per heavy atom. The van der Waals surface area contributed by atoms with Crippen molar-refractivity contribution in [3.63, 3.8) is 0 Å². The summed E-state index contributed by atoms with van der Waals surface area (Å²) in [7, 11) is 1.80. The van der Waals surface area contributed by atoms with Crippen LogP contribution in [0.3, 0.4) is 0 Å². The van der Waals surface area contributed by atoms with Gasteiger partial charge in [-0.1, -0.05) is 74.2 Å². The molecule has 0 fully saturated rings. The Hall–Kier alpha value is -2.35. The highest BCUT2D eigenvalue weighted by atomic mass is 16.5. The van der Waals surface area contributed by atoms with Crippen molar-refractivity contribution in [2.24, 2.45) is 10.9 Å². The summed E-state index contributed by atoms with van der Waals surface area (Å²) >= 11 is 0. The fraction of sp³-hybridized carbons (Fsp3) is 0.464. The van der Waals surface area contributed by atoms with E-state index in [9.17, 15) is 0 Å². The average molecular weight is 402 g/mol. The summed E-state index contributed by atoms with van der Waals surface area (Å²) in [6.07, 6.45) is 18.5. The van der Waals surface area contributed by atoms with Gasteiger partial charge in [-0.15, -0.1) is 0 Å². The van der Waals surface area contributed by atoms with Gasteiger partial charge in [0.05, 0.1) is 7.11 Å². The summed E-state index contributed by atoms with van der Waals surface area (Å²) in [4.78, 5) is 5.20. The Morgan fingerprint density at radius 1 is 1.17 bits per heavy atom. The second-order valence-electron chi connectivity index (χ2n) is 8.95. The number of unbranched alkanes of at least 4 members (excludes halogenated alkanes) is 2. The Morgan fingerprint density at radius 2 is 2.07 bits per heavy atom. The zero-order valence-corrected chi connectivity index (χ0v) is 18.8. The molecule has 2 heteroatoms. The van der Waals surface area contributed by atoms with E-state index in [2.05, 4.69) is 62.4 Å². The van der Waals surface area contributed by atoms with Crippen LogP contribution >= 0.6 is 0 Å². The van der Waals surface area contributed by atoms with Gasteiger partial charge in [0, 0.05) is 11.6 Å². The van der Waals surface area contributed by atoms with E-state index in [4.69, 9.17) is 9.73 Å². The molecule has 0 radical (unpaired) electrons. The number of aliphatic imine (C=N–C) groups is 1. The van der Waals surface area contributed by atoms with Crippen molar-refractivity contribution in [3.8, 4) is 0 Å². The second-order valence-corrected chi connectivity index (χ2v) is 8.95. The summed E-state index contributed by atoms with van der Waals surface area (Å²) < 4.78 is 5.91. The first-order valence-electron chi connectivity index (χ1n) is 11.7. The lowest BCUT2D eigenvalue weighted by molar-refractivity contribution is 0.290. The predicted molar refractivity (Wildman–Crippen MR) is 127 cm³/mol. The summed E-state index contributed by atoms with van der Waals surface area (Å²) in [6.45, 7) is 4.47. The molecule has 1 heterocycles. The lowest BCUT2D eigenvalue weighted by atomic mass is 9.75. The zero-order chi connectivity index (χ0) is 20.9. The van der Waals surface area contributed by atoms with Crippen molar-refractivity contribution in [1.29, 1.82) is 0 Å². The average Bonchev–Trinajstić information content (AvgIpc) is 2.79. The highest BCUT2D eigenvalue weighted by Gasteiger charge is 2.33. The molecule has 0 bridgehead atoms. The van der Waals surface area contributed by atoms with Gasteiger partial charge in [-0.2, -0.15) is 0 Å². The highest BCUT2D eigenvalue weighted by molar-refractivity contribution is 6.02. The fourth-order valence-corrected chi connectivity index (χ4v) is 5.08. The summed E-state index contributed by atoms with van der Waals surface area (Å²) in [5.74, 6) is 1.92. The summed E-state index contributed by atoms with van der Waals surface area (Å²) in [5.41, 5.74) is 8.06. The van der Waals surface area contributed by atoms with E-state index >= 15 is 0 Å². The summed E-state index contributed by atoms with van der Waals surface area (Å²) in [6, 6.07) is 8.93. The van der Waals surface area contributed by atoms with E-state index < -0.39 is 0 Å². The molecule has 0 saturated carbocycles. The fourth-order valence-electron chi connectivity index (χ4n) is 5.08. The molecule has 2 aliphatic carbocycles. The van der Waals surface area contributed by atoms with Crippen LogP contribution < -0.4 is 0 Å². The van der Waals surface area contributed by atoms with Gasteiger partial charge < -0.3 is 4.74 Å². The molecule has 30 heavy (non-hydrogen) atoms. The van der Waals surface area contributed by atoms with Crippen molar-refractivity contribution in [1.82, 2.24) is 0 Å². The number of hydrogen-bond donors (Lipinski definition) is 0. The predicted octanol–water partition coefficient (Wildman–Crippen LogP) is 7.58. The number of methoxy groups -OCH3 is 1. The molecule has 3 aliphatic rings. The van der Waals surface area contributed by atoms with Gasteiger partial charge in [0.15, 0.2) is 0 Å². The number of benzene rings is 1. The molecular weight excluding hydrogens is 366 g/mol. The Labute approximate surface area is 182 Å². The molecule has 2 nitrogen and oxygen atoms in total. The standard InChI is InChI=1S/C28H35NO/c1-4-5-7-14-23-18-26(21-12-8-6-9-13-21)29-28-25(23)17-24(19-27(28)30-3)22-15-10-11-20(2)16-22/h6,8,10-12,15-16,19,23-24H,4-5,7,9,13-14,17-18H2,1-3H3. The van der Waals surface area contributed by atoms with Crippen molar-refractivity contribution >= 4 is 5.71 Å². The van der Waals surface area contributed by atoms with Crippen molar-refractivity contribution in [3.05, 3.63) is 82.3 Å². The minimum absolute atomic E-state index is 0.376. The second kappa shape index (κ2) is 9.64. The van der Waals surface area contributed by atoms with Crippen LogP contribution in [0.5, 0.6) is 0 Å². The normalized spacial score (nSPS) is 23.5. The molecule has 1 aromatic carbocycles. The van der Waals surface area contributed by atoms with Gasteiger partial charge in [-0.05, 0) is 67.7 Å². The van der Waals surface area contributed by atoms with E-state index in [0.29, 0.717) is 11.8 Å². The number of allylic oxidation sites excluding steroid dienone is 6. The monoisotopic (exact) mass is 401 g/mol. The van der Waals surface area contributed by atoms with Crippen LogP contribution in [0.1, 0.15) is 75.3 Å². The molecule has 0 aromatic heterocycles. The van der Waals surface area contributed by atoms with Crippen LogP contribution in [0, 0.1) is 12.8 Å². The van der Waals surface area contributed by atoms with Crippen molar-refractivity contribution in [2.45, 2.75) is 71.1 Å². The number of hydrogen-bond acceptors (Lipinski definition) is 2. The quantitative estimate of drug-likeness (QED) is 0.431. The molecule has 4 rings (SSSR count). The summed E-state index contributed by atoms with van der Waals surface area (Å²) in [5, 5.41) is 0. The van der Waals surface area contributed by atoms with Gasteiger partial charge in [0.2, 0.25) is 0 Å². The lowest BCUT2D eigenvalue weighted by Gasteiger charge is -2.34. The van der Waals surface area contributed by atoms with E-state index in [1.165, 1.54) is 53.7 Å². The smallest absolute Gasteiger partial charge is 0.141 e. The van der Waals surface area contributed by atoms with Gasteiger partial charge in [0.25, 0.3) is 0 Å². The molecule has 2 unspecified atom stereocenters. The van der Waals surface area contributed by atoms with E-state index in [1.807, 2.05) is 0 Å². The maximum Gasteiger partial charge on any atom is 0.141 e. The molecule has 0 saturated heterocycles. The van der Waals surface area contributed by atoms with Crippen molar-refractivity contribution in [2.75, 3.05) is 7.11 Å². The van der Waals surface area contributed by atoms with Crippen LogP contribution in [0.2, 0.25) is 0 Å². The van der Waals surface area contributed by atoms with E-state index in [0.717, 1.165) is 37.1 Å². The molecule has 0 N–H and O–H groups in total. The minimum atomic E-state index is 0.376. The lowest BCUT2D eigenvalue weighted by Crippen LogP contribution is -2.24. The first-order chi connectivity index (χ1) is 14.7. The molecule has 0 spiro atoms. The van der Waals surface area contributed by atoms with Crippen LogP contribution in [0.25, 0.3) is 0 Å².